The van der Waals surface area contributed by atoms with E-state index in [2.05, 4.69) is 0 Å². The molecule has 26 heavy (non-hydrogen) atoms. The van der Waals surface area contributed by atoms with Crippen molar-refractivity contribution in [1.29, 1.82) is 0 Å². The maximum Gasteiger partial charge on any atom is 0.349 e. The third-order valence-corrected chi connectivity index (χ3v) is 5.02. The number of amides is 1. The molecule has 1 aromatic carbocycles. The Labute approximate surface area is 153 Å². The van der Waals surface area contributed by atoms with Crippen LogP contribution in [0.4, 0.5) is 0 Å². The zero-order chi connectivity index (χ0) is 18.5. The first kappa shape index (κ1) is 18.4. The quantitative estimate of drug-likeness (QED) is 0.895. The normalized spacial score (nSPS) is 17.3. The van der Waals surface area contributed by atoms with E-state index in [0.717, 1.165) is 25.7 Å². The summed E-state index contributed by atoms with van der Waals surface area (Å²) in [7, 11) is 0. The summed E-state index contributed by atoms with van der Waals surface area (Å²) in [4.78, 5) is 26.9. The monoisotopic (exact) mass is 355 g/mol. The number of benzene rings is 1. The number of hydrogen-bond acceptors (Lipinski definition) is 4. The number of nitrogens with zero attached hydrogens (tertiary/aromatic N) is 1. The van der Waals surface area contributed by atoms with Gasteiger partial charge in [-0.15, -0.1) is 0 Å². The summed E-state index contributed by atoms with van der Waals surface area (Å²) >= 11 is 0. The minimum atomic E-state index is -0.583. The molecule has 1 atom stereocenters. The average Bonchev–Trinajstić information content (AvgIpc) is 2.66. The predicted molar refractivity (Wildman–Crippen MR) is 99.3 cm³/mol. The molecule has 0 aliphatic carbocycles. The number of hydrogen-bond donors (Lipinski definition) is 1. The number of aliphatic hydroxyl groups is 1. The van der Waals surface area contributed by atoms with Crippen molar-refractivity contribution >= 4 is 5.91 Å². The van der Waals surface area contributed by atoms with Crippen molar-refractivity contribution in [2.75, 3.05) is 13.2 Å². The maximum absolute atomic E-state index is 12.9. The molecule has 0 saturated carbocycles. The predicted octanol–water partition coefficient (Wildman–Crippen LogP) is 2.72. The van der Waals surface area contributed by atoms with Crippen molar-refractivity contribution in [3.63, 3.8) is 0 Å². The number of likely N-dealkylation sites (tertiary alicyclic amines) is 1. The second kappa shape index (κ2) is 8.32. The van der Waals surface area contributed by atoms with Gasteiger partial charge in [0, 0.05) is 13.0 Å². The number of piperidine rings is 1. The zero-order valence-corrected chi connectivity index (χ0v) is 15.1. The van der Waals surface area contributed by atoms with E-state index in [1.807, 2.05) is 30.3 Å². The third kappa shape index (κ3) is 4.05. The van der Waals surface area contributed by atoms with Crippen molar-refractivity contribution in [1.82, 2.24) is 4.90 Å². The average molecular weight is 355 g/mol. The van der Waals surface area contributed by atoms with Crippen molar-refractivity contribution in [2.45, 2.75) is 45.1 Å². The number of rotatable bonds is 5. The van der Waals surface area contributed by atoms with E-state index in [9.17, 15) is 14.7 Å². The summed E-state index contributed by atoms with van der Waals surface area (Å²) in [6, 6.07) is 11.6. The highest BCUT2D eigenvalue weighted by molar-refractivity contribution is 5.95. The van der Waals surface area contributed by atoms with Gasteiger partial charge in [0.2, 0.25) is 0 Å². The van der Waals surface area contributed by atoms with Crippen LogP contribution in [0.3, 0.4) is 0 Å². The van der Waals surface area contributed by atoms with E-state index in [0.29, 0.717) is 24.3 Å². The highest BCUT2D eigenvalue weighted by atomic mass is 16.4. The van der Waals surface area contributed by atoms with Gasteiger partial charge in [0.15, 0.2) is 0 Å². The molecule has 5 heteroatoms. The first-order chi connectivity index (χ1) is 12.6. The molecule has 0 radical (unpaired) electrons. The van der Waals surface area contributed by atoms with Gasteiger partial charge in [0.25, 0.3) is 5.91 Å². The second-order valence-electron chi connectivity index (χ2n) is 6.87. The molecule has 1 aliphatic rings. The number of aliphatic hydroxyl groups excluding tert-OH is 1. The minimum absolute atomic E-state index is 0.0781. The second-order valence-corrected chi connectivity index (χ2v) is 6.87. The Morgan fingerprint density at radius 1 is 1.23 bits per heavy atom. The summed E-state index contributed by atoms with van der Waals surface area (Å²) in [5, 5.41) is 9.52. The van der Waals surface area contributed by atoms with Gasteiger partial charge in [-0.3, -0.25) is 4.79 Å². The molecule has 1 N–H and O–H groups in total. The topological polar surface area (TPSA) is 70.8 Å². The van der Waals surface area contributed by atoms with Crippen LogP contribution >= 0.6 is 0 Å². The van der Waals surface area contributed by atoms with Crippen LogP contribution in [0, 0.1) is 6.92 Å². The Hall–Kier alpha value is -2.40. The van der Waals surface area contributed by atoms with E-state index in [-0.39, 0.29) is 24.1 Å². The van der Waals surface area contributed by atoms with E-state index in [4.69, 9.17) is 4.42 Å². The van der Waals surface area contributed by atoms with Crippen LogP contribution in [0.1, 0.15) is 46.5 Å². The fraction of sp³-hybridized carbons (Fsp3) is 0.429. The zero-order valence-electron chi connectivity index (χ0n) is 15.1. The van der Waals surface area contributed by atoms with Crippen LogP contribution in [-0.4, -0.2) is 35.1 Å². The van der Waals surface area contributed by atoms with Crippen LogP contribution in [0.2, 0.25) is 0 Å². The molecule has 5 nitrogen and oxygen atoms in total. The molecule has 2 heterocycles. The van der Waals surface area contributed by atoms with E-state index >= 15 is 0 Å². The molecule has 1 fully saturated rings. The maximum atomic E-state index is 12.9. The molecule has 1 unspecified atom stereocenters. The van der Waals surface area contributed by atoms with Crippen LogP contribution < -0.4 is 5.63 Å². The molecule has 1 amide bonds. The van der Waals surface area contributed by atoms with Crippen molar-refractivity contribution in [3.8, 4) is 0 Å². The number of carbonyl (C=O) groups is 1. The molecule has 0 spiro atoms. The van der Waals surface area contributed by atoms with Gasteiger partial charge >= 0.3 is 5.63 Å². The van der Waals surface area contributed by atoms with Crippen molar-refractivity contribution < 1.29 is 14.3 Å². The fourth-order valence-corrected chi connectivity index (χ4v) is 3.57. The lowest BCUT2D eigenvalue weighted by Gasteiger charge is -2.34. The van der Waals surface area contributed by atoms with E-state index < -0.39 is 5.63 Å². The van der Waals surface area contributed by atoms with E-state index in [1.165, 1.54) is 5.56 Å². The SMILES string of the molecule is Cc1cc(CCc2ccccc2)oc(=O)c1C(=O)N1CCCCC1CO. The minimum Gasteiger partial charge on any atom is -0.427 e. The summed E-state index contributed by atoms with van der Waals surface area (Å²) < 4.78 is 5.43. The highest BCUT2D eigenvalue weighted by Gasteiger charge is 2.30. The van der Waals surface area contributed by atoms with Gasteiger partial charge in [0.05, 0.1) is 12.6 Å². The first-order valence-electron chi connectivity index (χ1n) is 9.19. The van der Waals surface area contributed by atoms with E-state index in [1.54, 1.807) is 17.9 Å². The Morgan fingerprint density at radius 3 is 2.69 bits per heavy atom. The van der Waals surface area contributed by atoms with Gasteiger partial charge in [-0.2, -0.15) is 0 Å². The standard InChI is InChI=1S/C21H25NO4/c1-15-13-18(11-10-16-7-3-2-4-8-16)26-21(25)19(15)20(24)22-12-6-5-9-17(22)14-23/h2-4,7-8,13,17,23H,5-6,9-12,14H2,1H3. The molecule has 2 aromatic rings. The number of carbonyl (C=O) groups excluding carboxylic acids is 1. The third-order valence-electron chi connectivity index (χ3n) is 5.02. The smallest absolute Gasteiger partial charge is 0.349 e. The summed E-state index contributed by atoms with van der Waals surface area (Å²) in [5.74, 6) is 0.259. The molecule has 1 saturated heterocycles. The van der Waals surface area contributed by atoms with Gasteiger partial charge in [0.1, 0.15) is 11.3 Å². The van der Waals surface area contributed by atoms with Gasteiger partial charge in [-0.25, -0.2) is 4.79 Å². The van der Waals surface area contributed by atoms with Crippen LogP contribution in [0.15, 0.2) is 45.6 Å². The largest absolute Gasteiger partial charge is 0.427 e. The van der Waals surface area contributed by atoms with Crippen molar-refractivity contribution in [3.05, 3.63) is 69.3 Å². The lowest BCUT2D eigenvalue weighted by molar-refractivity contribution is 0.0497. The van der Waals surface area contributed by atoms with Crippen molar-refractivity contribution in [2.24, 2.45) is 0 Å². The number of aryl methyl sites for hydroxylation is 3. The Morgan fingerprint density at radius 2 is 2.00 bits per heavy atom. The summed E-state index contributed by atoms with van der Waals surface area (Å²) in [5.41, 5.74) is 1.32. The molecule has 1 aromatic heterocycles. The molecule has 3 rings (SSSR count). The lowest BCUT2D eigenvalue weighted by Crippen LogP contribution is -2.47. The van der Waals surface area contributed by atoms with Gasteiger partial charge < -0.3 is 14.4 Å². The Balaban J connectivity index is 1.78. The van der Waals surface area contributed by atoms with Crippen LogP contribution in [0.25, 0.3) is 0 Å². The summed E-state index contributed by atoms with van der Waals surface area (Å²) in [6.07, 6.45) is 4.03. The molecule has 0 bridgehead atoms. The van der Waals surface area contributed by atoms with Crippen LogP contribution in [-0.2, 0) is 12.8 Å². The van der Waals surface area contributed by atoms with Gasteiger partial charge in [-0.1, -0.05) is 30.3 Å². The molecular formula is C21H25NO4. The Kier molecular flexibility index (Phi) is 5.89. The highest BCUT2D eigenvalue weighted by Crippen LogP contribution is 2.20. The molecule has 138 valence electrons. The lowest BCUT2D eigenvalue weighted by atomic mass is 10.0. The Bertz CT molecular complexity index is 813. The van der Waals surface area contributed by atoms with Crippen LogP contribution in [0.5, 0.6) is 0 Å². The first-order valence-corrected chi connectivity index (χ1v) is 9.19. The summed E-state index contributed by atoms with van der Waals surface area (Å²) in [6.45, 7) is 2.26. The molecular weight excluding hydrogens is 330 g/mol. The van der Waals surface area contributed by atoms with Gasteiger partial charge in [-0.05, 0) is 49.8 Å². The fourth-order valence-electron chi connectivity index (χ4n) is 3.57. The molecule has 1 aliphatic heterocycles.